The summed E-state index contributed by atoms with van der Waals surface area (Å²) in [5.41, 5.74) is 0. The highest BCUT2D eigenvalue weighted by atomic mass is 15.9. The average Bonchev–Trinajstić information content (AvgIpc) is 2.98. The van der Waals surface area contributed by atoms with Crippen LogP contribution in [0.1, 0.15) is 69.2 Å². The summed E-state index contributed by atoms with van der Waals surface area (Å²) in [4.78, 5) is 5.83. The van der Waals surface area contributed by atoms with Crippen molar-refractivity contribution in [2.24, 2.45) is 0 Å². The maximum absolute atomic E-state index is 2.93. The first kappa shape index (κ1) is 21.1. The summed E-state index contributed by atoms with van der Waals surface area (Å²) in [6, 6.07) is 2.44. The molecule has 0 aromatic carbocycles. The van der Waals surface area contributed by atoms with Crippen LogP contribution in [0.4, 0.5) is 0 Å². The van der Waals surface area contributed by atoms with Crippen LogP contribution in [0.5, 0.6) is 0 Å². The number of hydrogen-bond donors (Lipinski definition) is 0. The van der Waals surface area contributed by atoms with Crippen molar-refractivity contribution in [3.63, 3.8) is 0 Å². The zero-order chi connectivity index (χ0) is 19.2. The Balaban J connectivity index is 2.89. The van der Waals surface area contributed by atoms with Crippen LogP contribution >= 0.6 is 0 Å². The molecular formula is C21H46N4+2. The second-order valence-corrected chi connectivity index (χ2v) is 9.17. The minimum absolute atomic E-state index is 0.0775. The van der Waals surface area contributed by atoms with Crippen LogP contribution in [0.15, 0.2) is 0 Å². The molecule has 3 unspecified atom stereocenters. The van der Waals surface area contributed by atoms with Crippen molar-refractivity contribution >= 4 is 0 Å². The predicted octanol–water partition coefficient (Wildman–Crippen LogP) is 3.54. The summed E-state index contributed by atoms with van der Waals surface area (Å²) in [6.07, 6.45) is 0. The Morgan fingerprint density at radius 1 is 0.880 bits per heavy atom. The Bertz CT molecular complexity index is 453. The molecule has 3 atom stereocenters. The molecule has 2 rings (SSSR count). The smallest absolute Gasteiger partial charge is 0.242 e. The van der Waals surface area contributed by atoms with Crippen LogP contribution in [-0.4, -0.2) is 88.1 Å². The molecule has 1 spiro atoms. The molecule has 2 aliphatic heterocycles. The maximum atomic E-state index is 2.93. The van der Waals surface area contributed by atoms with Crippen LogP contribution in [0.25, 0.3) is 0 Å². The van der Waals surface area contributed by atoms with E-state index in [-0.39, 0.29) is 5.91 Å². The second kappa shape index (κ2) is 7.10. The fraction of sp³-hybridized carbons (Fsp3) is 1.00. The fourth-order valence-corrected chi connectivity index (χ4v) is 7.03. The highest BCUT2D eigenvalue weighted by Crippen LogP contribution is 2.53. The quantitative estimate of drug-likeness (QED) is 0.673. The number of nitrogens with zero attached hydrogens (tertiary/aromatic N) is 4. The van der Waals surface area contributed by atoms with Gasteiger partial charge in [0.2, 0.25) is 0 Å². The third kappa shape index (κ3) is 2.40. The van der Waals surface area contributed by atoms with Gasteiger partial charge in [0.1, 0.15) is 12.6 Å². The summed E-state index contributed by atoms with van der Waals surface area (Å²) in [6.45, 7) is 31.8. The Morgan fingerprint density at radius 2 is 1.40 bits per heavy atom. The van der Waals surface area contributed by atoms with Crippen molar-refractivity contribution in [1.82, 2.24) is 9.80 Å². The number of hydrogen-bond acceptors (Lipinski definition) is 2. The lowest BCUT2D eigenvalue weighted by atomic mass is 10.1. The summed E-state index contributed by atoms with van der Waals surface area (Å²) < 4.78 is 2.44. The molecule has 0 amide bonds. The predicted molar refractivity (Wildman–Crippen MR) is 108 cm³/mol. The van der Waals surface area contributed by atoms with Crippen molar-refractivity contribution in [2.45, 2.75) is 99.3 Å². The first-order valence-corrected chi connectivity index (χ1v) is 10.9. The summed E-state index contributed by atoms with van der Waals surface area (Å²) in [5, 5.41) is 0. The highest BCUT2D eigenvalue weighted by molar-refractivity contribution is 4.95. The van der Waals surface area contributed by atoms with E-state index in [0.717, 1.165) is 0 Å². The van der Waals surface area contributed by atoms with Crippen LogP contribution in [0.2, 0.25) is 0 Å². The minimum atomic E-state index is 0.0775. The molecule has 2 aliphatic rings. The molecule has 2 heterocycles. The van der Waals surface area contributed by atoms with Crippen LogP contribution < -0.4 is 0 Å². The van der Waals surface area contributed by atoms with E-state index < -0.39 is 0 Å². The molecule has 2 saturated heterocycles. The first-order chi connectivity index (χ1) is 11.7. The van der Waals surface area contributed by atoms with E-state index in [1.54, 1.807) is 0 Å². The van der Waals surface area contributed by atoms with Gasteiger partial charge >= 0.3 is 5.91 Å². The molecule has 0 radical (unpaired) electrons. The average molecular weight is 355 g/mol. The van der Waals surface area contributed by atoms with Crippen LogP contribution in [-0.2, 0) is 0 Å². The lowest BCUT2D eigenvalue weighted by Crippen LogP contribution is -2.85. The van der Waals surface area contributed by atoms with E-state index in [1.165, 1.54) is 48.2 Å². The van der Waals surface area contributed by atoms with Gasteiger partial charge in [0.15, 0.2) is 0 Å². The van der Waals surface area contributed by atoms with Gasteiger partial charge in [-0.3, -0.25) is 0 Å². The molecule has 0 aromatic heterocycles. The van der Waals surface area contributed by atoms with Gasteiger partial charge in [-0.15, -0.1) is 0 Å². The summed E-state index contributed by atoms with van der Waals surface area (Å²) >= 11 is 0. The number of quaternary nitrogens is 2. The lowest BCUT2D eigenvalue weighted by molar-refractivity contribution is -1.18. The first-order valence-electron chi connectivity index (χ1n) is 10.9. The third-order valence-corrected chi connectivity index (χ3v) is 7.88. The Morgan fingerprint density at radius 3 is 1.76 bits per heavy atom. The second-order valence-electron chi connectivity index (χ2n) is 9.17. The van der Waals surface area contributed by atoms with Gasteiger partial charge in [0, 0.05) is 12.1 Å². The van der Waals surface area contributed by atoms with Crippen molar-refractivity contribution in [1.29, 1.82) is 0 Å². The van der Waals surface area contributed by atoms with Gasteiger partial charge in [-0.2, -0.15) is 9.80 Å². The van der Waals surface area contributed by atoms with E-state index >= 15 is 0 Å². The van der Waals surface area contributed by atoms with E-state index in [4.69, 9.17) is 0 Å². The van der Waals surface area contributed by atoms with Crippen molar-refractivity contribution in [2.75, 3.05) is 39.3 Å². The van der Waals surface area contributed by atoms with Crippen LogP contribution in [0.3, 0.4) is 0 Å². The standard InChI is InChI=1S/C21H46N4/c1-11-24(12-2)16-19(9)23(18(7)8)21(24)22(17(5)6)15-20(10)25(21,13-3)14-4/h17-20H,11-16H2,1-10H3/q+2. The Hall–Kier alpha value is -0.160. The van der Waals surface area contributed by atoms with Gasteiger partial charge in [-0.1, -0.05) is 0 Å². The molecule has 2 fully saturated rings. The zero-order valence-corrected chi connectivity index (χ0v) is 18.8. The largest absolute Gasteiger partial charge is 0.357 e. The summed E-state index contributed by atoms with van der Waals surface area (Å²) in [7, 11) is 0. The van der Waals surface area contributed by atoms with Gasteiger partial charge < -0.3 is 0 Å². The molecule has 0 N–H and O–H groups in total. The van der Waals surface area contributed by atoms with Gasteiger partial charge in [-0.05, 0) is 69.2 Å². The fourth-order valence-electron chi connectivity index (χ4n) is 7.03. The van der Waals surface area contributed by atoms with Gasteiger partial charge in [-0.25, -0.2) is 8.97 Å². The molecule has 25 heavy (non-hydrogen) atoms. The van der Waals surface area contributed by atoms with E-state index in [1.807, 2.05) is 0 Å². The van der Waals surface area contributed by atoms with Crippen molar-refractivity contribution < 1.29 is 8.97 Å². The third-order valence-electron chi connectivity index (χ3n) is 7.88. The van der Waals surface area contributed by atoms with Crippen molar-refractivity contribution in [3.05, 3.63) is 0 Å². The number of likely N-dealkylation sites (N-methyl/N-ethyl adjacent to an activating group) is 2. The van der Waals surface area contributed by atoms with E-state index in [9.17, 15) is 0 Å². The molecule has 4 heteroatoms. The normalized spacial score (nSPS) is 35.5. The molecule has 0 bridgehead atoms. The molecular weight excluding hydrogens is 308 g/mol. The summed E-state index contributed by atoms with van der Waals surface area (Å²) in [5.74, 6) is 0.0775. The lowest BCUT2D eigenvalue weighted by Gasteiger charge is -2.60. The Labute approximate surface area is 157 Å². The molecule has 0 aliphatic carbocycles. The SMILES string of the molecule is CC[N+]1(CC)CC(C)N(C(C)C)C12N(C(C)C)CC(C)[N+]2(CC)CC. The number of rotatable bonds is 6. The maximum Gasteiger partial charge on any atom is 0.357 e. The van der Waals surface area contributed by atoms with E-state index in [0.29, 0.717) is 24.2 Å². The monoisotopic (exact) mass is 354 g/mol. The Kier molecular flexibility index (Phi) is 6.01. The molecule has 0 aromatic rings. The van der Waals surface area contributed by atoms with Gasteiger partial charge in [0.25, 0.3) is 0 Å². The topological polar surface area (TPSA) is 6.48 Å². The molecule has 4 nitrogen and oxygen atoms in total. The van der Waals surface area contributed by atoms with E-state index in [2.05, 4.69) is 79.0 Å². The molecule has 0 saturated carbocycles. The van der Waals surface area contributed by atoms with Crippen LogP contribution in [0, 0.1) is 0 Å². The van der Waals surface area contributed by atoms with Crippen molar-refractivity contribution in [3.8, 4) is 0 Å². The highest BCUT2D eigenvalue weighted by Gasteiger charge is 2.80. The minimum Gasteiger partial charge on any atom is -0.242 e. The zero-order valence-electron chi connectivity index (χ0n) is 18.8. The molecule has 148 valence electrons. The van der Waals surface area contributed by atoms with Gasteiger partial charge in [0.05, 0.1) is 38.8 Å².